The van der Waals surface area contributed by atoms with E-state index in [0.717, 1.165) is 12.8 Å². The molecule has 0 spiro atoms. The van der Waals surface area contributed by atoms with Crippen molar-refractivity contribution in [1.29, 1.82) is 0 Å². The SMILES string of the molecule is C=C(CC(=O)O)C(=O)O.CCCCCCCCCCCCOS(=O)(=O)c1ccccc1.O=S(=O)([O-])c1ccccc1.[Na+]. The number of carboxylic acid groups (broad SMARTS) is 2. The molecule has 2 aromatic rings. The number of benzene rings is 2. The summed E-state index contributed by atoms with van der Waals surface area (Å²) in [6, 6.07) is 15.5. The van der Waals surface area contributed by atoms with Crippen molar-refractivity contribution in [2.75, 3.05) is 6.61 Å². The summed E-state index contributed by atoms with van der Waals surface area (Å²) in [7, 11) is -7.82. The third-order valence-electron chi connectivity index (χ3n) is 5.47. The molecule has 0 fully saturated rings. The van der Waals surface area contributed by atoms with E-state index >= 15 is 0 Å². The second kappa shape index (κ2) is 24.4. The average molecular weight is 637 g/mol. The summed E-state index contributed by atoms with van der Waals surface area (Å²) < 4.78 is 59.6. The fourth-order valence-electron chi connectivity index (χ4n) is 3.26. The first-order valence-electron chi connectivity index (χ1n) is 13.4. The van der Waals surface area contributed by atoms with Crippen LogP contribution < -0.4 is 29.6 Å². The van der Waals surface area contributed by atoms with Crippen LogP contribution in [0.15, 0.2) is 82.6 Å². The molecule has 0 unspecified atom stereocenters. The minimum Gasteiger partial charge on any atom is -0.744 e. The molecule has 42 heavy (non-hydrogen) atoms. The van der Waals surface area contributed by atoms with Gasteiger partial charge in [-0.15, -0.1) is 0 Å². The van der Waals surface area contributed by atoms with Gasteiger partial charge in [-0.05, 0) is 30.7 Å². The van der Waals surface area contributed by atoms with E-state index in [4.69, 9.17) is 14.4 Å². The molecule has 10 nitrogen and oxygen atoms in total. The Morgan fingerprint density at radius 1 is 0.738 bits per heavy atom. The summed E-state index contributed by atoms with van der Waals surface area (Å²) in [5.41, 5.74) is -0.303. The fraction of sp³-hybridized carbons (Fsp3) is 0.448. The van der Waals surface area contributed by atoms with Crippen LogP contribution in [0, 0.1) is 0 Å². The predicted molar refractivity (Wildman–Crippen MR) is 155 cm³/mol. The standard InChI is InChI=1S/C18H30O3S.C6H6O3S.C5H6O4.Na/c1-2-3-4-5-6-7-8-9-10-14-17-21-22(19,20)18-15-12-11-13-16-18;7-10(8,9)6-4-2-1-3-5-6;1-3(5(8)9)2-4(6)7;/h11-13,15-16H,2-10,14,17H2,1H3;1-5H,(H,7,8,9);1-2H2,(H,6,7)(H,8,9);/q;;;+1/p-1. The molecular weight excluding hydrogens is 595 g/mol. The third-order valence-corrected chi connectivity index (χ3v) is 7.64. The number of unbranched alkanes of at least 4 members (excludes halogenated alkanes) is 9. The first-order chi connectivity index (χ1) is 19.3. The Labute approximate surface area is 272 Å². The van der Waals surface area contributed by atoms with Crippen molar-refractivity contribution >= 4 is 32.2 Å². The number of carboxylic acids is 2. The molecule has 2 aromatic carbocycles. The first kappa shape index (κ1) is 42.1. The quantitative estimate of drug-likeness (QED) is 0.0863. The van der Waals surface area contributed by atoms with Crippen molar-refractivity contribution in [2.24, 2.45) is 0 Å². The molecule has 0 atom stereocenters. The second-order valence-electron chi connectivity index (χ2n) is 9.02. The smallest absolute Gasteiger partial charge is 0.744 e. The van der Waals surface area contributed by atoms with Crippen LogP contribution >= 0.6 is 0 Å². The van der Waals surface area contributed by atoms with Crippen LogP contribution in [0.3, 0.4) is 0 Å². The second-order valence-corrected chi connectivity index (χ2v) is 12.0. The number of hydrogen-bond donors (Lipinski definition) is 2. The number of rotatable bonds is 17. The monoisotopic (exact) mass is 636 g/mol. The van der Waals surface area contributed by atoms with Gasteiger partial charge in [0.15, 0.2) is 0 Å². The van der Waals surface area contributed by atoms with E-state index in [1.807, 2.05) is 0 Å². The minimum atomic E-state index is -4.25. The molecule has 0 saturated carbocycles. The molecule has 0 bridgehead atoms. The summed E-state index contributed by atoms with van der Waals surface area (Å²) in [6.45, 7) is 5.54. The van der Waals surface area contributed by atoms with Gasteiger partial charge < -0.3 is 14.8 Å². The molecule has 0 amide bonds. The van der Waals surface area contributed by atoms with Gasteiger partial charge in [-0.3, -0.25) is 8.98 Å². The first-order valence-corrected chi connectivity index (χ1v) is 16.2. The molecule has 0 aliphatic carbocycles. The molecule has 0 heterocycles. The maximum Gasteiger partial charge on any atom is 1.00 e. The summed E-state index contributed by atoms with van der Waals surface area (Å²) in [5.74, 6) is -2.44. The van der Waals surface area contributed by atoms with Gasteiger partial charge in [0.05, 0.1) is 22.8 Å². The van der Waals surface area contributed by atoms with E-state index in [1.54, 1.807) is 36.4 Å². The zero-order chi connectivity index (χ0) is 31.2. The molecule has 0 saturated heterocycles. The predicted octanol–water partition coefficient (Wildman–Crippen LogP) is 3.01. The normalized spacial score (nSPS) is 10.6. The molecule has 2 rings (SSSR count). The molecule has 0 aromatic heterocycles. The van der Waals surface area contributed by atoms with E-state index in [1.165, 1.54) is 75.6 Å². The van der Waals surface area contributed by atoms with Gasteiger partial charge in [0, 0.05) is 5.57 Å². The molecule has 0 radical (unpaired) electrons. The van der Waals surface area contributed by atoms with E-state index in [9.17, 15) is 31.0 Å². The number of aliphatic carboxylic acids is 2. The third kappa shape index (κ3) is 22.5. The van der Waals surface area contributed by atoms with Crippen LogP contribution in [0.4, 0.5) is 0 Å². The van der Waals surface area contributed by atoms with Gasteiger partial charge in [-0.2, -0.15) is 8.42 Å². The van der Waals surface area contributed by atoms with Gasteiger partial charge in [0.25, 0.3) is 10.1 Å². The Kier molecular flexibility index (Phi) is 24.4. The van der Waals surface area contributed by atoms with Gasteiger partial charge in [-0.1, -0.05) is 108 Å². The Bertz CT molecular complexity index is 1230. The maximum absolute atomic E-state index is 11.9. The van der Waals surface area contributed by atoms with Crippen molar-refractivity contribution in [3.8, 4) is 0 Å². The zero-order valence-corrected chi connectivity index (χ0v) is 28.1. The van der Waals surface area contributed by atoms with Crippen molar-refractivity contribution in [3.05, 3.63) is 72.8 Å². The van der Waals surface area contributed by atoms with Crippen LogP contribution in [0.2, 0.25) is 0 Å². The van der Waals surface area contributed by atoms with E-state index in [-0.39, 0.29) is 51.5 Å². The van der Waals surface area contributed by atoms with E-state index < -0.39 is 38.6 Å². The Hall–Kier alpha value is -2.06. The van der Waals surface area contributed by atoms with Crippen LogP contribution in [-0.4, -0.2) is 50.1 Å². The fourth-order valence-corrected chi connectivity index (χ4v) is 4.71. The minimum absolute atomic E-state index is 0. The zero-order valence-electron chi connectivity index (χ0n) is 24.4. The largest absolute Gasteiger partial charge is 1.00 e. The van der Waals surface area contributed by atoms with E-state index in [2.05, 4.69) is 13.5 Å². The van der Waals surface area contributed by atoms with Crippen molar-refractivity contribution < 1.29 is 74.9 Å². The molecule has 2 N–H and O–H groups in total. The summed E-state index contributed by atoms with van der Waals surface area (Å²) in [4.78, 5) is 19.7. The topological polar surface area (TPSA) is 175 Å². The molecule has 230 valence electrons. The summed E-state index contributed by atoms with van der Waals surface area (Å²) in [5, 5.41) is 16.1. The van der Waals surface area contributed by atoms with Gasteiger partial charge >= 0.3 is 41.5 Å². The van der Waals surface area contributed by atoms with Crippen molar-refractivity contribution in [2.45, 2.75) is 87.3 Å². The van der Waals surface area contributed by atoms with Crippen LogP contribution in [0.1, 0.15) is 77.6 Å². The average Bonchev–Trinajstić information content (AvgIpc) is 2.92. The number of carbonyl (C=O) groups is 2. The van der Waals surface area contributed by atoms with Crippen molar-refractivity contribution in [3.63, 3.8) is 0 Å². The van der Waals surface area contributed by atoms with Crippen LogP contribution in [-0.2, 0) is 34.0 Å². The van der Waals surface area contributed by atoms with E-state index in [0.29, 0.717) is 0 Å². The maximum atomic E-state index is 11.9. The van der Waals surface area contributed by atoms with Crippen molar-refractivity contribution in [1.82, 2.24) is 0 Å². The summed E-state index contributed by atoms with van der Waals surface area (Å²) >= 11 is 0. The Morgan fingerprint density at radius 3 is 1.48 bits per heavy atom. The van der Waals surface area contributed by atoms with Crippen LogP contribution in [0.25, 0.3) is 0 Å². The van der Waals surface area contributed by atoms with Gasteiger partial charge in [-0.25, -0.2) is 13.2 Å². The van der Waals surface area contributed by atoms with Gasteiger partial charge in [0.2, 0.25) is 0 Å². The molecular formula is C29H41NaO10S2. The Balaban J connectivity index is 0. The Morgan fingerprint density at radius 2 is 1.14 bits per heavy atom. The molecule has 0 aliphatic heterocycles. The summed E-state index contributed by atoms with van der Waals surface area (Å²) in [6.07, 6.45) is 11.8. The molecule has 13 heteroatoms. The molecule has 0 aliphatic rings. The number of hydrogen-bond acceptors (Lipinski definition) is 8. The van der Waals surface area contributed by atoms with Gasteiger partial charge in [0.1, 0.15) is 10.1 Å². The van der Waals surface area contributed by atoms with Crippen LogP contribution in [0.5, 0.6) is 0 Å².